The standard InChI is InChI=1S/C16H21NO/c1-3-4-5-11-18-14-9-10-15-13(12-14)7-6-8-16(15)17-2/h9-10,12,16-17H,5-8,11H2,1-2H3. The molecule has 1 aliphatic carbocycles. The lowest BCUT2D eigenvalue weighted by atomic mass is 9.87. The van der Waals surface area contributed by atoms with Crippen LogP contribution in [0.15, 0.2) is 18.2 Å². The van der Waals surface area contributed by atoms with Crippen molar-refractivity contribution in [2.24, 2.45) is 0 Å². The SMILES string of the molecule is CC#CCCOc1ccc2c(c1)CCCC2NC. The maximum absolute atomic E-state index is 5.72. The lowest BCUT2D eigenvalue weighted by molar-refractivity contribution is 0.326. The fraction of sp³-hybridized carbons (Fsp3) is 0.500. The highest BCUT2D eigenvalue weighted by molar-refractivity contribution is 5.39. The molecule has 2 nitrogen and oxygen atoms in total. The molecule has 1 N–H and O–H groups in total. The summed E-state index contributed by atoms with van der Waals surface area (Å²) in [5.74, 6) is 6.87. The molecule has 0 saturated carbocycles. The van der Waals surface area contributed by atoms with Gasteiger partial charge in [-0.1, -0.05) is 6.07 Å². The predicted molar refractivity (Wildman–Crippen MR) is 74.7 cm³/mol. The molecule has 0 saturated heterocycles. The molecule has 0 heterocycles. The number of nitrogens with one attached hydrogen (secondary N) is 1. The highest BCUT2D eigenvalue weighted by atomic mass is 16.5. The number of rotatable bonds is 4. The molecule has 0 aliphatic heterocycles. The molecule has 1 atom stereocenters. The molecule has 0 fully saturated rings. The van der Waals surface area contributed by atoms with Gasteiger partial charge in [0, 0.05) is 12.5 Å². The van der Waals surface area contributed by atoms with E-state index in [4.69, 9.17) is 4.74 Å². The second kappa shape index (κ2) is 6.47. The zero-order chi connectivity index (χ0) is 12.8. The van der Waals surface area contributed by atoms with E-state index >= 15 is 0 Å². The first-order valence-corrected chi connectivity index (χ1v) is 6.67. The van der Waals surface area contributed by atoms with E-state index in [1.54, 1.807) is 0 Å². The van der Waals surface area contributed by atoms with Crippen molar-refractivity contribution in [3.05, 3.63) is 29.3 Å². The molecule has 18 heavy (non-hydrogen) atoms. The second-order valence-electron chi connectivity index (χ2n) is 4.62. The van der Waals surface area contributed by atoms with Crippen molar-refractivity contribution in [2.45, 2.75) is 38.6 Å². The van der Waals surface area contributed by atoms with Crippen LogP contribution in [0.2, 0.25) is 0 Å². The molecule has 0 bridgehead atoms. The normalized spacial score (nSPS) is 17.6. The van der Waals surface area contributed by atoms with Crippen molar-refractivity contribution >= 4 is 0 Å². The van der Waals surface area contributed by atoms with Crippen LogP contribution in [0.4, 0.5) is 0 Å². The van der Waals surface area contributed by atoms with Crippen LogP contribution >= 0.6 is 0 Å². The Bertz CT molecular complexity index is 456. The van der Waals surface area contributed by atoms with Crippen LogP contribution in [0.1, 0.15) is 43.4 Å². The highest BCUT2D eigenvalue weighted by Gasteiger charge is 2.18. The van der Waals surface area contributed by atoms with Gasteiger partial charge in [-0.15, -0.1) is 11.8 Å². The third kappa shape index (κ3) is 3.05. The van der Waals surface area contributed by atoms with Crippen molar-refractivity contribution < 1.29 is 4.74 Å². The molecular weight excluding hydrogens is 222 g/mol. The van der Waals surface area contributed by atoms with E-state index in [1.165, 1.54) is 30.4 Å². The number of hydrogen-bond acceptors (Lipinski definition) is 2. The average Bonchev–Trinajstić information content (AvgIpc) is 2.42. The maximum Gasteiger partial charge on any atom is 0.119 e. The first kappa shape index (κ1) is 13.0. The summed E-state index contributed by atoms with van der Waals surface area (Å²) in [6.45, 7) is 2.53. The first-order valence-electron chi connectivity index (χ1n) is 6.67. The molecule has 1 aromatic rings. The highest BCUT2D eigenvalue weighted by Crippen LogP contribution is 2.31. The van der Waals surface area contributed by atoms with E-state index in [0.717, 1.165) is 12.2 Å². The van der Waals surface area contributed by atoms with Crippen LogP contribution in [0.3, 0.4) is 0 Å². The summed E-state index contributed by atoms with van der Waals surface area (Å²) in [5, 5.41) is 3.38. The molecule has 0 amide bonds. The van der Waals surface area contributed by atoms with E-state index in [0.29, 0.717) is 12.6 Å². The minimum Gasteiger partial charge on any atom is -0.493 e. The Hall–Kier alpha value is -1.46. The van der Waals surface area contributed by atoms with Crippen LogP contribution in [0.5, 0.6) is 5.75 Å². The van der Waals surface area contributed by atoms with E-state index < -0.39 is 0 Å². The van der Waals surface area contributed by atoms with E-state index in [9.17, 15) is 0 Å². The van der Waals surface area contributed by atoms with Crippen molar-refractivity contribution in [3.8, 4) is 17.6 Å². The number of fused-ring (bicyclic) bond motifs is 1. The molecule has 1 aliphatic rings. The minimum absolute atomic E-state index is 0.508. The fourth-order valence-electron chi connectivity index (χ4n) is 2.53. The molecule has 1 unspecified atom stereocenters. The molecule has 0 aromatic heterocycles. The van der Waals surface area contributed by atoms with Crippen LogP contribution in [0.25, 0.3) is 0 Å². The molecule has 96 valence electrons. The van der Waals surface area contributed by atoms with E-state index in [-0.39, 0.29) is 0 Å². The van der Waals surface area contributed by atoms with Gasteiger partial charge in [-0.3, -0.25) is 0 Å². The third-order valence-corrected chi connectivity index (χ3v) is 3.45. The Labute approximate surface area is 110 Å². The molecular formula is C16H21NO. The predicted octanol–water partition coefficient (Wildman–Crippen LogP) is 3.08. The van der Waals surface area contributed by atoms with Gasteiger partial charge in [-0.25, -0.2) is 0 Å². The van der Waals surface area contributed by atoms with Gasteiger partial charge in [0.05, 0.1) is 6.61 Å². The molecule has 1 aromatic carbocycles. The molecule has 2 heteroatoms. The van der Waals surface area contributed by atoms with Crippen molar-refractivity contribution in [1.29, 1.82) is 0 Å². The van der Waals surface area contributed by atoms with Crippen LogP contribution in [0, 0.1) is 11.8 Å². The number of ether oxygens (including phenoxy) is 1. The Kier molecular flexibility index (Phi) is 4.66. The third-order valence-electron chi connectivity index (χ3n) is 3.45. The van der Waals surface area contributed by atoms with Crippen molar-refractivity contribution in [2.75, 3.05) is 13.7 Å². The van der Waals surface area contributed by atoms with Gasteiger partial charge in [-0.2, -0.15) is 0 Å². The van der Waals surface area contributed by atoms with Gasteiger partial charge in [0.25, 0.3) is 0 Å². The second-order valence-corrected chi connectivity index (χ2v) is 4.62. The average molecular weight is 243 g/mol. The summed E-state index contributed by atoms with van der Waals surface area (Å²) in [7, 11) is 2.04. The first-order chi connectivity index (χ1) is 8.85. The van der Waals surface area contributed by atoms with E-state index in [1.807, 2.05) is 14.0 Å². The minimum atomic E-state index is 0.508. The Morgan fingerprint density at radius 2 is 2.33 bits per heavy atom. The summed E-state index contributed by atoms with van der Waals surface area (Å²) in [6.07, 6.45) is 4.45. The quantitative estimate of drug-likeness (QED) is 0.648. The van der Waals surface area contributed by atoms with Gasteiger partial charge < -0.3 is 10.1 Å². The van der Waals surface area contributed by atoms with Crippen LogP contribution < -0.4 is 10.1 Å². The molecule has 2 rings (SSSR count). The number of hydrogen-bond donors (Lipinski definition) is 1. The maximum atomic E-state index is 5.72. The molecule has 0 spiro atoms. The molecule has 0 radical (unpaired) electrons. The number of aryl methyl sites for hydroxylation is 1. The monoisotopic (exact) mass is 243 g/mol. The lowest BCUT2D eigenvalue weighted by Gasteiger charge is -2.25. The largest absolute Gasteiger partial charge is 0.493 e. The van der Waals surface area contributed by atoms with E-state index in [2.05, 4.69) is 35.4 Å². The summed E-state index contributed by atoms with van der Waals surface area (Å²) < 4.78 is 5.72. The van der Waals surface area contributed by atoms with Gasteiger partial charge >= 0.3 is 0 Å². The smallest absolute Gasteiger partial charge is 0.119 e. The van der Waals surface area contributed by atoms with Gasteiger partial charge in [0.1, 0.15) is 5.75 Å². The lowest BCUT2D eigenvalue weighted by Crippen LogP contribution is -2.21. The van der Waals surface area contributed by atoms with Crippen LogP contribution in [-0.4, -0.2) is 13.7 Å². The Morgan fingerprint density at radius 1 is 1.44 bits per heavy atom. The summed E-state index contributed by atoms with van der Waals surface area (Å²) >= 11 is 0. The summed E-state index contributed by atoms with van der Waals surface area (Å²) in [4.78, 5) is 0. The van der Waals surface area contributed by atoms with Gasteiger partial charge in [-0.05, 0) is 56.5 Å². The van der Waals surface area contributed by atoms with Gasteiger partial charge in [0.15, 0.2) is 0 Å². The topological polar surface area (TPSA) is 21.3 Å². The summed E-state index contributed by atoms with van der Waals surface area (Å²) in [5.41, 5.74) is 2.86. The summed E-state index contributed by atoms with van der Waals surface area (Å²) in [6, 6.07) is 6.98. The van der Waals surface area contributed by atoms with Crippen molar-refractivity contribution in [1.82, 2.24) is 5.32 Å². The Balaban J connectivity index is 2.04. The number of benzene rings is 1. The Morgan fingerprint density at radius 3 is 3.11 bits per heavy atom. The van der Waals surface area contributed by atoms with Crippen LogP contribution in [-0.2, 0) is 6.42 Å². The zero-order valence-corrected chi connectivity index (χ0v) is 11.3. The van der Waals surface area contributed by atoms with Crippen molar-refractivity contribution in [3.63, 3.8) is 0 Å². The van der Waals surface area contributed by atoms with Gasteiger partial charge in [0.2, 0.25) is 0 Å². The zero-order valence-electron chi connectivity index (χ0n) is 11.3. The fourth-order valence-corrected chi connectivity index (χ4v) is 2.53.